The van der Waals surface area contributed by atoms with E-state index in [1.165, 1.54) is 18.1 Å². The number of pyridine rings is 1. The molecule has 1 aromatic carbocycles. The number of aromatic nitrogens is 4. The van der Waals surface area contributed by atoms with Crippen molar-refractivity contribution in [3.8, 4) is 5.75 Å². The van der Waals surface area contributed by atoms with Crippen LogP contribution in [0.5, 0.6) is 5.75 Å². The number of fused-ring (bicyclic) bond motifs is 2. The van der Waals surface area contributed by atoms with E-state index in [0.29, 0.717) is 32.8 Å². The van der Waals surface area contributed by atoms with Crippen molar-refractivity contribution in [2.45, 2.75) is 22.8 Å². The van der Waals surface area contributed by atoms with Gasteiger partial charge in [0.05, 0.1) is 27.3 Å². The molecule has 4 atom stereocenters. The number of rotatable bonds is 5. The molecule has 0 aliphatic carbocycles. The number of hydrogen-bond donors (Lipinski definition) is 2. The molecule has 1 fully saturated rings. The summed E-state index contributed by atoms with van der Waals surface area (Å²) in [4.78, 5) is 14.7. The van der Waals surface area contributed by atoms with Gasteiger partial charge in [-0.2, -0.15) is 0 Å². The Kier molecular flexibility index (Phi) is 6.00. The van der Waals surface area contributed by atoms with Gasteiger partial charge in [-0.1, -0.05) is 23.2 Å². The summed E-state index contributed by atoms with van der Waals surface area (Å²) >= 11 is 13.9. The minimum absolute atomic E-state index is 0.216. The zero-order chi connectivity index (χ0) is 23.3. The molecule has 2 N–H and O–H groups in total. The van der Waals surface area contributed by atoms with Gasteiger partial charge in [-0.3, -0.25) is 0 Å². The Balaban J connectivity index is 1.34. The summed E-state index contributed by atoms with van der Waals surface area (Å²) < 4.78 is 7.80. The molecule has 1 aliphatic heterocycles. The second-order valence-corrected chi connectivity index (χ2v) is 10.2. The maximum atomic E-state index is 10.7. The normalized spacial score (nSPS) is 22.8. The number of aliphatic hydroxyl groups excluding tert-OH is 2. The van der Waals surface area contributed by atoms with Gasteiger partial charge in [0.2, 0.25) is 0 Å². The highest BCUT2D eigenvalue weighted by Gasteiger charge is 2.44. The monoisotopic (exact) mass is 505 g/mol. The Morgan fingerprint density at radius 1 is 1.12 bits per heavy atom. The Morgan fingerprint density at radius 2 is 1.94 bits per heavy atom. The summed E-state index contributed by atoms with van der Waals surface area (Å²) in [5.41, 5.74) is 1.37. The van der Waals surface area contributed by atoms with Crippen LogP contribution in [-0.4, -0.2) is 67.9 Å². The van der Waals surface area contributed by atoms with Crippen molar-refractivity contribution in [1.29, 1.82) is 0 Å². The SMILES string of the molecule is CN(C)c1nc2cc(OC[C@H]3S[C@@H](n4ccc5c(Cl)ncnc54)[C@H](O)[C@@H]3O)ccc2cc1Cl. The second-order valence-electron chi connectivity index (χ2n) is 8.02. The van der Waals surface area contributed by atoms with E-state index in [0.717, 1.165) is 10.9 Å². The van der Waals surface area contributed by atoms with Gasteiger partial charge in [0.1, 0.15) is 46.8 Å². The molecule has 0 radical (unpaired) electrons. The molecule has 3 aromatic heterocycles. The van der Waals surface area contributed by atoms with Crippen LogP contribution in [0, 0.1) is 0 Å². The van der Waals surface area contributed by atoms with Crippen LogP contribution in [0.4, 0.5) is 5.82 Å². The fourth-order valence-electron chi connectivity index (χ4n) is 3.93. The summed E-state index contributed by atoms with van der Waals surface area (Å²) in [5, 5.41) is 23.2. The van der Waals surface area contributed by atoms with E-state index < -0.39 is 17.6 Å². The highest BCUT2D eigenvalue weighted by Crippen LogP contribution is 2.43. The molecule has 0 spiro atoms. The van der Waals surface area contributed by atoms with E-state index >= 15 is 0 Å². The molecule has 0 amide bonds. The fourth-order valence-corrected chi connectivity index (χ4v) is 5.90. The van der Waals surface area contributed by atoms with E-state index in [9.17, 15) is 10.2 Å². The molecule has 172 valence electrons. The number of halogens is 2. The zero-order valence-corrected chi connectivity index (χ0v) is 20.1. The number of ether oxygens (including phenoxy) is 1. The quantitative estimate of drug-likeness (QED) is 0.395. The van der Waals surface area contributed by atoms with Crippen molar-refractivity contribution >= 4 is 62.7 Å². The van der Waals surface area contributed by atoms with Crippen molar-refractivity contribution in [2.75, 3.05) is 25.6 Å². The number of anilines is 1. The molecule has 4 heterocycles. The van der Waals surface area contributed by atoms with Gasteiger partial charge >= 0.3 is 0 Å². The summed E-state index contributed by atoms with van der Waals surface area (Å²) in [6.45, 7) is 0.216. The number of thioether (sulfide) groups is 1. The maximum absolute atomic E-state index is 10.7. The van der Waals surface area contributed by atoms with Crippen LogP contribution in [0.25, 0.3) is 21.9 Å². The molecular formula is C22H21Cl2N5O3S. The predicted molar refractivity (Wildman–Crippen MR) is 132 cm³/mol. The molecule has 0 saturated carbocycles. The Morgan fingerprint density at radius 3 is 2.73 bits per heavy atom. The van der Waals surface area contributed by atoms with Gasteiger partial charge < -0.3 is 24.4 Å². The molecular weight excluding hydrogens is 485 g/mol. The van der Waals surface area contributed by atoms with Gasteiger partial charge in [-0.15, -0.1) is 11.8 Å². The first-order valence-corrected chi connectivity index (χ1v) is 11.9. The van der Waals surface area contributed by atoms with E-state index in [1.54, 1.807) is 12.3 Å². The third-order valence-electron chi connectivity index (χ3n) is 5.63. The van der Waals surface area contributed by atoms with Crippen LogP contribution < -0.4 is 9.64 Å². The first-order chi connectivity index (χ1) is 15.8. The van der Waals surface area contributed by atoms with Gasteiger partial charge in [-0.05, 0) is 24.3 Å². The molecule has 4 aromatic rings. The number of nitrogens with zero attached hydrogens (tertiary/aromatic N) is 5. The van der Waals surface area contributed by atoms with Crippen LogP contribution in [-0.2, 0) is 0 Å². The van der Waals surface area contributed by atoms with Crippen molar-refractivity contribution in [2.24, 2.45) is 0 Å². The van der Waals surface area contributed by atoms with Gasteiger partial charge in [-0.25, -0.2) is 15.0 Å². The van der Waals surface area contributed by atoms with E-state index in [2.05, 4.69) is 15.0 Å². The van der Waals surface area contributed by atoms with Crippen molar-refractivity contribution in [3.63, 3.8) is 0 Å². The maximum Gasteiger partial charge on any atom is 0.147 e. The minimum Gasteiger partial charge on any atom is -0.492 e. The lowest BCUT2D eigenvalue weighted by atomic mass is 10.1. The highest BCUT2D eigenvalue weighted by molar-refractivity contribution is 8.00. The number of aliphatic hydroxyl groups is 2. The summed E-state index contributed by atoms with van der Waals surface area (Å²) in [6, 6.07) is 9.26. The van der Waals surface area contributed by atoms with E-state index in [-0.39, 0.29) is 11.9 Å². The highest BCUT2D eigenvalue weighted by atomic mass is 35.5. The second kappa shape index (κ2) is 8.81. The Labute approximate surface area is 204 Å². The average molecular weight is 506 g/mol. The third-order valence-corrected chi connectivity index (χ3v) is 7.76. The molecule has 8 nitrogen and oxygen atoms in total. The topological polar surface area (TPSA) is 96.5 Å². The molecule has 1 saturated heterocycles. The van der Waals surface area contributed by atoms with Crippen LogP contribution in [0.2, 0.25) is 10.2 Å². The average Bonchev–Trinajstić information content (AvgIpc) is 3.34. The largest absolute Gasteiger partial charge is 0.492 e. The number of benzene rings is 1. The Hall–Kier alpha value is -2.30. The van der Waals surface area contributed by atoms with Gasteiger partial charge in [0, 0.05) is 31.7 Å². The lowest BCUT2D eigenvalue weighted by Gasteiger charge is -2.17. The van der Waals surface area contributed by atoms with Gasteiger partial charge in [0.25, 0.3) is 0 Å². The van der Waals surface area contributed by atoms with Crippen molar-refractivity contribution in [1.82, 2.24) is 19.5 Å². The number of hydrogen-bond acceptors (Lipinski definition) is 8. The molecule has 33 heavy (non-hydrogen) atoms. The predicted octanol–water partition coefficient (Wildman–Crippen LogP) is 3.77. The molecule has 5 rings (SSSR count). The lowest BCUT2D eigenvalue weighted by molar-refractivity contribution is 0.0128. The molecule has 11 heteroatoms. The molecule has 0 bridgehead atoms. The van der Waals surface area contributed by atoms with E-state index in [1.807, 2.05) is 47.8 Å². The smallest absolute Gasteiger partial charge is 0.147 e. The lowest BCUT2D eigenvalue weighted by Crippen LogP contribution is -2.34. The van der Waals surface area contributed by atoms with Crippen molar-refractivity contribution in [3.05, 3.63) is 53.0 Å². The first kappa shape index (κ1) is 22.5. The summed E-state index contributed by atoms with van der Waals surface area (Å²) in [6.07, 6.45) is 1.22. The third kappa shape index (κ3) is 4.08. The minimum atomic E-state index is -0.990. The van der Waals surface area contributed by atoms with Crippen LogP contribution in [0.3, 0.4) is 0 Å². The first-order valence-electron chi connectivity index (χ1n) is 10.2. The molecule has 1 aliphatic rings. The fraction of sp³-hybridized carbons (Fsp3) is 0.318. The van der Waals surface area contributed by atoms with Crippen LogP contribution >= 0.6 is 35.0 Å². The Bertz CT molecular complexity index is 1330. The van der Waals surface area contributed by atoms with Crippen LogP contribution in [0.15, 0.2) is 42.9 Å². The standard InChI is InChI=1S/C22H21Cl2N5O3S/c1-28(2)21-14(23)7-11-3-4-12(8-15(11)27-21)32-9-16-17(30)18(31)22(33-16)29-6-5-13-19(24)25-10-26-20(13)29/h3-8,10,16-18,22,30-31H,9H2,1-2H3/t16-,17-,18-,22-/m1/s1. The summed E-state index contributed by atoms with van der Waals surface area (Å²) in [7, 11) is 3.77. The molecule has 0 unspecified atom stereocenters. The summed E-state index contributed by atoms with van der Waals surface area (Å²) in [5.74, 6) is 1.30. The van der Waals surface area contributed by atoms with E-state index in [4.69, 9.17) is 27.9 Å². The zero-order valence-electron chi connectivity index (χ0n) is 17.8. The van der Waals surface area contributed by atoms with Gasteiger partial charge in [0.15, 0.2) is 0 Å². The van der Waals surface area contributed by atoms with Crippen molar-refractivity contribution < 1.29 is 14.9 Å². The van der Waals surface area contributed by atoms with Crippen LogP contribution in [0.1, 0.15) is 5.37 Å².